The molecule has 1 aromatic rings. The third-order valence-electron chi connectivity index (χ3n) is 3.20. The van der Waals surface area contributed by atoms with Gasteiger partial charge in [-0.1, -0.05) is 11.8 Å². The smallest absolute Gasteiger partial charge is 0.341 e. The van der Waals surface area contributed by atoms with Crippen LogP contribution in [-0.4, -0.2) is 52.9 Å². The van der Waals surface area contributed by atoms with Gasteiger partial charge in [0.05, 0.1) is 24.6 Å². The Balaban J connectivity index is 3.62. The van der Waals surface area contributed by atoms with E-state index in [1.165, 1.54) is 11.8 Å². The minimum atomic E-state index is -1.52. The van der Waals surface area contributed by atoms with E-state index in [-0.39, 0.29) is 24.5 Å². The van der Waals surface area contributed by atoms with E-state index in [9.17, 15) is 14.4 Å². The summed E-state index contributed by atoms with van der Waals surface area (Å²) in [6.07, 6.45) is 1.75. The van der Waals surface area contributed by atoms with Crippen molar-refractivity contribution in [2.75, 3.05) is 19.5 Å². The number of nitrogens with zero attached hydrogens (tertiary/aromatic N) is 2. The molecule has 9 heteroatoms. The topological polar surface area (TPSA) is 105 Å². The first kappa shape index (κ1) is 22.9. The summed E-state index contributed by atoms with van der Waals surface area (Å²) in [6.45, 7) is 10.1. The molecule has 0 aromatic carbocycles. The van der Waals surface area contributed by atoms with Crippen molar-refractivity contribution in [3.63, 3.8) is 0 Å². The summed E-state index contributed by atoms with van der Waals surface area (Å²) in [4.78, 5) is 46.3. The van der Waals surface area contributed by atoms with Crippen molar-refractivity contribution in [3.05, 3.63) is 17.0 Å². The Hall–Kier alpha value is -2.16. The highest BCUT2D eigenvalue weighted by molar-refractivity contribution is 7.98. The van der Waals surface area contributed by atoms with Gasteiger partial charge in [-0.25, -0.2) is 14.8 Å². The van der Waals surface area contributed by atoms with Crippen LogP contribution in [0.15, 0.2) is 5.16 Å². The van der Waals surface area contributed by atoms with Crippen molar-refractivity contribution in [1.82, 2.24) is 9.97 Å². The molecule has 0 fully saturated rings. The van der Waals surface area contributed by atoms with Gasteiger partial charge in [-0.3, -0.25) is 9.59 Å². The lowest BCUT2D eigenvalue weighted by atomic mass is 9.98. The van der Waals surface area contributed by atoms with Crippen LogP contribution in [-0.2, 0) is 23.8 Å². The lowest BCUT2D eigenvalue weighted by Gasteiger charge is -2.24. The third-order valence-corrected chi connectivity index (χ3v) is 3.75. The van der Waals surface area contributed by atoms with Crippen LogP contribution in [0, 0.1) is 6.92 Å². The average molecular weight is 398 g/mol. The lowest BCUT2D eigenvalue weighted by Crippen LogP contribution is -2.34. The summed E-state index contributed by atoms with van der Waals surface area (Å²) >= 11 is 1.22. The maximum Gasteiger partial charge on any atom is 0.341 e. The molecule has 0 saturated heterocycles. The number of carbonyl (C=O) groups is 3. The summed E-state index contributed by atoms with van der Waals surface area (Å²) in [7, 11) is 0. The van der Waals surface area contributed by atoms with E-state index in [1.807, 2.05) is 0 Å². The number of aryl methyl sites for hydroxylation is 1. The van der Waals surface area contributed by atoms with Gasteiger partial charge in [0, 0.05) is 0 Å². The fraction of sp³-hybridized carbons (Fsp3) is 0.611. The van der Waals surface area contributed by atoms with Gasteiger partial charge in [-0.05, 0) is 47.8 Å². The van der Waals surface area contributed by atoms with Crippen LogP contribution in [0.1, 0.15) is 62.3 Å². The zero-order chi connectivity index (χ0) is 20.8. The summed E-state index contributed by atoms with van der Waals surface area (Å²) in [5.74, 6) is -3.93. The largest absolute Gasteiger partial charge is 0.465 e. The monoisotopic (exact) mass is 398 g/mol. The molecule has 1 rings (SSSR count). The third kappa shape index (κ3) is 6.20. The van der Waals surface area contributed by atoms with Crippen LogP contribution in [0.5, 0.6) is 0 Å². The molecule has 0 N–H and O–H groups in total. The second-order valence-electron chi connectivity index (χ2n) is 6.49. The van der Waals surface area contributed by atoms with E-state index in [4.69, 9.17) is 14.2 Å². The van der Waals surface area contributed by atoms with Crippen LogP contribution in [0.4, 0.5) is 0 Å². The minimum absolute atomic E-state index is 0.0291. The Kier molecular flexibility index (Phi) is 8.20. The number of aromatic nitrogens is 2. The maximum absolute atomic E-state index is 12.8. The number of hydrogen-bond donors (Lipinski definition) is 0. The van der Waals surface area contributed by atoms with Crippen molar-refractivity contribution in [2.45, 2.75) is 58.2 Å². The number of esters is 3. The van der Waals surface area contributed by atoms with E-state index < -0.39 is 29.4 Å². The van der Waals surface area contributed by atoms with Crippen molar-refractivity contribution >= 4 is 29.7 Å². The van der Waals surface area contributed by atoms with Crippen LogP contribution < -0.4 is 0 Å². The summed E-state index contributed by atoms with van der Waals surface area (Å²) in [6, 6.07) is 0. The van der Waals surface area contributed by atoms with E-state index in [0.717, 1.165) is 0 Å². The Labute approximate surface area is 163 Å². The Bertz CT molecular complexity index is 715. The van der Waals surface area contributed by atoms with Gasteiger partial charge in [0.2, 0.25) is 0 Å². The van der Waals surface area contributed by atoms with Gasteiger partial charge < -0.3 is 14.2 Å². The van der Waals surface area contributed by atoms with Gasteiger partial charge >= 0.3 is 17.9 Å². The lowest BCUT2D eigenvalue weighted by molar-refractivity contribution is -0.164. The molecule has 0 spiro atoms. The molecule has 0 aliphatic heterocycles. The summed E-state index contributed by atoms with van der Waals surface area (Å²) in [5.41, 5.74) is -0.631. The van der Waals surface area contributed by atoms with E-state index in [2.05, 4.69) is 9.97 Å². The van der Waals surface area contributed by atoms with Crippen LogP contribution in [0.3, 0.4) is 0 Å². The molecule has 1 unspecified atom stereocenters. The second-order valence-corrected chi connectivity index (χ2v) is 7.27. The zero-order valence-corrected chi connectivity index (χ0v) is 17.6. The first-order valence-corrected chi connectivity index (χ1v) is 9.77. The number of carbonyl (C=O) groups excluding carboxylic acids is 3. The van der Waals surface area contributed by atoms with Gasteiger partial charge in [0.15, 0.2) is 11.1 Å². The standard InChI is InChI=1S/C18H26N2O6S/c1-8-24-14(21)11-10(3)19-17(27-7)20-13(11)12(15(22)25-9-2)16(23)26-18(4,5)6/h12H,8-9H2,1-7H3. The molecule has 1 heterocycles. The molecule has 0 radical (unpaired) electrons. The molecule has 27 heavy (non-hydrogen) atoms. The van der Waals surface area contributed by atoms with E-state index >= 15 is 0 Å². The second kappa shape index (κ2) is 9.68. The summed E-state index contributed by atoms with van der Waals surface area (Å²) < 4.78 is 15.5. The Morgan fingerprint density at radius 2 is 1.63 bits per heavy atom. The highest BCUT2D eigenvalue weighted by atomic mass is 32.2. The molecule has 0 amide bonds. The quantitative estimate of drug-likeness (QED) is 0.225. The number of hydrogen-bond acceptors (Lipinski definition) is 9. The minimum Gasteiger partial charge on any atom is -0.465 e. The van der Waals surface area contributed by atoms with Crippen molar-refractivity contribution in [3.8, 4) is 0 Å². The Morgan fingerprint density at radius 3 is 2.11 bits per heavy atom. The fourth-order valence-electron chi connectivity index (χ4n) is 2.23. The number of rotatable bonds is 7. The normalized spacial score (nSPS) is 12.3. The van der Waals surface area contributed by atoms with E-state index in [1.54, 1.807) is 47.8 Å². The molecular weight excluding hydrogens is 372 g/mol. The first-order valence-electron chi connectivity index (χ1n) is 8.54. The molecule has 8 nitrogen and oxygen atoms in total. The number of ether oxygens (including phenoxy) is 3. The van der Waals surface area contributed by atoms with Crippen LogP contribution in [0.2, 0.25) is 0 Å². The van der Waals surface area contributed by atoms with Gasteiger partial charge in [0.25, 0.3) is 0 Å². The molecule has 150 valence electrons. The first-order chi connectivity index (χ1) is 12.6. The van der Waals surface area contributed by atoms with Crippen molar-refractivity contribution in [2.24, 2.45) is 0 Å². The molecule has 0 aliphatic carbocycles. The number of thioether (sulfide) groups is 1. The van der Waals surface area contributed by atoms with Gasteiger partial charge in [-0.2, -0.15) is 0 Å². The fourth-order valence-corrected chi connectivity index (χ4v) is 2.65. The van der Waals surface area contributed by atoms with Gasteiger partial charge in [-0.15, -0.1) is 0 Å². The predicted octanol–water partition coefficient (Wildman–Crippen LogP) is 2.67. The van der Waals surface area contributed by atoms with Gasteiger partial charge in [0.1, 0.15) is 11.2 Å². The highest BCUT2D eigenvalue weighted by Crippen LogP contribution is 2.28. The molecule has 0 saturated carbocycles. The molecule has 0 bridgehead atoms. The average Bonchev–Trinajstić information content (AvgIpc) is 2.53. The molecular formula is C18H26N2O6S. The van der Waals surface area contributed by atoms with Crippen molar-refractivity contribution in [1.29, 1.82) is 0 Å². The molecule has 1 atom stereocenters. The molecule has 1 aromatic heterocycles. The van der Waals surface area contributed by atoms with Crippen molar-refractivity contribution < 1.29 is 28.6 Å². The predicted molar refractivity (Wildman–Crippen MR) is 99.7 cm³/mol. The highest BCUT2D eigenvalue weighted by Gasteiger charge is 2.39. The van der Waals surface area contributed by atoms with Crippen LogP contribution in [0.25, 0.3) is 0 Å². The summed E-state index contributed by atoms with van der Waals surface area (Å²) in [5, 5.41) is 0.313. The maximum atomic E-state index is 12.8. The van der Waals surface area contributed by atoms with Crippen LogP contribution >= 0.6 is 11.8 Å². The Morgan fingerprint density at radius 1 is 1.04 bits per heavy atom. The zero-order valence-electron chi connectivity index (χ0n) is 16.7. The van der Waals surface area contributed by atoms with E-state index in [0.29, 0.717) is 10.9 Å². The SMILES string of the molecule is CCOC(=O)c1c(C)nc(SC)nc1C(C(=O)OCC)C(=O)OC(C)(C)C. The molecule has 0 aliphatic rings.